The fourth-order valence-electron chi connectivity index (χ4n) is 2.05. The van der Waals surface area contributed by atoms with E-state index in [2.05, 4.69) is 25.3 Å². The third-order valence-electron chi connectivity index (χ3n) is 3.27. The Kier molecular flexibility index (Phi) is 3.92. The zero-order valence-corrected chi connectivity index (χ0v) is 12.2. The molecule has 0 aliphatic rings. The van der Waals surface area contributed by atoms with Gasteiger partial charge in [0.15, 0.2) is 0 Å². The smallest absolute Gasteiger partial charge is 0.318 e. The molecule has 19 heavy (non-hydrogen) atoms. The Morgan fingerprint density at radius 2 is 1.42 bits per heavy atom. The van der Waals surface area contributed by atoms with Crippen molar-refractivity contribution in [3.63, 3.8) is 0 Å². The highest BCUT2D eigenvalue weighted by Gasteiger charge is 2.37. The highest BCUT2D eigenvalue weighted by Crippen LogP contribution is 2.34. The SMILES string of the molecule is CC(C(=O)O)(c1cccc(S)c1)c1cccc(S)c1. The summed E-state index contributed by atoms with van der Waals surface area (Å²) in [6.07, 6.45) is 0. The van der Waals surface area contributed by atoms with Crippen LogP contribution in [0.5, 0.6) is 0 Å². The van der Waals surface area contributed by atoms with Gasteiger partial charge in [0.05, 0.1) is 0 Å². The van der Waals surface area contributed by atoms with Gasteiger partial charge in [0.1, 0.15) is 5.41 Å². The van der Waals surface area contributed by atoms with E-state index in [1.807, 2.05) is 24.3 Å². The van der Waals surface area contributed by atoms with Crippen molar-refractivity contribution in [3.05, 3.63) is 59.7 Å². The fourth-order valence-corrected chi connectivity index (χ4v) is 2.50. The van der Waals surface area contributed by atoms with Crippen LogP contribution in [0.25, 0.3) is 0 Å². The molecule has 0 unspecified atom stereocenters. The van der Waals surface area contributed by atoms with E-state index in [1.165, 1.54) is 0 Å². The molecule has 0 aromatic heterocycles. The fraction of sp³-hybridized carbons (Fsp3) is 0.133. The molecular weight excluding hydrogens is 276 g/mol. The van der Waals surface area contributed by atoms with Crippen molar-refractivity contribution < 1.29 is 9.90 Å². The lowest BCUT2D eigenvalue weighted by Crippen LogP contribution is -2.33. The quantitative estimate of drug-likeness (QED) is 0.755. The third kappa shape index (κ3) is 2.65. The summed E-state index contributed by atoms with van der Waals surface area (Å²) in [5.41, 5.74) is 0.287. The minimum absolute atomic E-state index is 0.700. The number of thiol groups is 2. The van der Waals surface area contributed by atoms with Crippen molar-refractivity contribution in [1.82, 2.24) is 0 Å². The van der Waals surface area contributed by atoms with Gasteiger partial charge in [-0.1, -0.05) is 24.3 Å². The summed E-state index contributed by atoms with van der Waals surface area (Å²) in [7, 11) is 0. The highest BCUT2D eigenvalue weighted by molar-refractivity contribution is 7.80. The molecule has 0 fully saturated rings. The van der Waals surface area contributed by atoms with E-state index in [9.17, 15) is 9.90 Å². The number of carbonyl (C=O) groups is 1. The molecule has 0 amide bonds. The van der Waals surface area contributed by atoms with Crippen LogP contribution in [0.4, 0.5) is 0 Å². The first-order valence-corrected chi connectivity index (χ1v) is 6.66. The summed E-state index contributed by atoms with van der Waals surface area (Å²) in [4.78, 5) is 13.3. The highest BCUT2D eigenvalue weighted by atomic mass is 32.1. The molecule has 0 bridgehead atoms. The van der Waals surface area contributed by atoms with Gasteiger partial charge in [-0.25, -0.2) is 0 Å². The monoisotopic (exact) mass is 290 g/mol. The minimum atomic E-state index is -1.11. The van der Waals surface area contributed by atoms with Crippen LogP contribution in [-0.2, 0) is 10.2 Å². The maximum absolute atomic E-state index is 11.8. The molecule has 1 N–H and O–H groups in total. The first-order valence-electron chi connectivity index (χ1n) is 5.77. The topological polar surface area (TPSA) is 37.3 Å². The predicted molar refractivity (Wildman–Crippen MR) is 81.5 cm³/mol. The number of hydrogen-bond acceptors (Lipinski definition) is 3. The molecule has 2 nitrogen and oxygen atoms in total. The van der Waals surface area contributed by atoms with Gasteiger partial charge in [0.25, 0.3) is 0 Å². The molecule has 0 aliphatic carbocycles. The Bertz CT molecular complexity index is 578. The van der Waals surface area contributed by atoms with Gasteiger partial charge in [-0.3, -0.25) is 4.79 Å². The standard InChI is InChI=1S/C15H14O2S2/c1-15(14(16)17,10-4-2-6-12(18)8-10)11-5-3-7-13(19)9-11/h2-9,18-19H,1H3,(H,16,17). The van der Waals surface area contributed by atoms with Gasteiger partial charge < -0.3 is 5.11 Å². The summed E-state index contributed by atoms with van der Waals surface area (Å²) >= 11 is 8.56. The zero-order chi connectivity index (χ0) is 14.0. The zero-order valence-electron chi connectivity index (χ0n) is 10.4. The molecule has 2 rings (SSSR count). The second-order valence-electron chi connectivity index (χ2n) is 4.53. The average Bonchev–Trinajstić information content (AvgIpc) is 2.37. The Balaban J connectivity index is 2.65. The number of carboxylic acid groups (broad SMARTS) is 1. The van der Waals surface area contributed by atoms with Crippen LogP contribution in [0.2, 0.25) is 0 Å². The van der Waals surface area contributed by atoms with Crippen LogP contribution in [0.1, 0.15) is 18.1 Å². The molecule has 0 radical (unpaired) electrons. The molecule has 0 saturated heterocycles. The van der Waals surface area contributed by atoms with Crippen molar-refractivity contribution in [3.8, 4) is 0 Å². The summed E-state index contributed by atoms with van der Waals surface area (Å²) in [5.74, 6) is -0.898. The van der Waals surface area contributed by atoms with Crippen LogP contribution in [0, 0.1) is 0 Å². The van der Waals surface area contributed by atoms with Crippen LogP contribution >= 0.6 is 25.3 Å². The average molecular weight is 290 g/mol. The molecule has 4 heteroatoms. The first-order chi connectivity index (χ1) is 8.94. The minimum Gasteiger partial charge on any atom is -0.480 e. The Morgan fingerprint density at radius 1 is 1.00 bits per heavy atom. The number of benzene rings is 2. The van der Waals surface area contributed by atoms with E-state index in [4.69, 9.17) is 0 Å². The van der Waals surface area contributed by atoms with Crippen LogP contribution in [0.15, 0.2) is 58.3 Å². The van der Waals surface area contributed by atoms with Gasteiger partial charge in [0, 0.05) is 9.79 Å². The molecule has 0 heterocycles. The molecule has 0 spiro atoms. The Morgan fingerprint density at radius 3 is 1.74 bits per heavy atom. The van der Waals surface area contributed by atoms with E-state index >= 15 is 0 Å². The van der Waals surface area contributed by atoms with Crippen molar-refractivity contribution in [2.75, 3.05) is 0 Å². The Labute approximate surface area is 123 Å². The summed E-state index contributed by atoms with van der Waals surface area (Å²) in [5, 5.41) is 9.67. The van der Waals surface area contributed by atoms with E-state index in [1.54, 1.807) is 31.2 Å². The van der Waals surface area contributed by atoms with Crippen LogP contribution < -0.4 is 0 Å². The Hall–Kier alpha value is -1.39. The molecule has 0 aliphatic heterocycles. The van der Waals surface area contributed by atoms with Gasteiger partial charge in [-0.15, -0.1) is 25.3 Å². The van der Waals surface area contributed by atoms with Crippen LogP contribution in [-0.4, -0.2) is 11.1 Å². The lowest BCUT2D eigenvalue weighted by Gasteiger charge is -2.26. The number of hydrogen-bond donors (Lipinski definition) is 3. The normalized spacial score (nSPS) is 11.3. The van der Waals surface area contributed by atoms with Crippen molar-refractivity contribution in [1.29, 1.82) is 0 Å². The molecule has 0 atom stereocenters. The van der Waals surface area contributed by atoms with Gasteiger partial charge >= 0.3 is 5.97 Å². The first kappa shape index (κ1) is 14.0. The van der Waals surface area contributed by atoms with Crippen LogP contribution in [0.3, 0.4) is 0 Å². The lowest BCUT2D eigenvalue weighted by atomic mass is 9.76. The van der Waals surface area contributed by atoms with Gasteiger partial charge in [0.2, 0.25) is 0 Å². The predicted octanol–water partition coefficient (Wildman–Crippen LogP) is 3.65. The largest absolute Gasteiger partial charge is 0.480 e. The maximum Gasteiger partial charge on any atom is 0.318 e. The maximum atomic E-state index is 11.8. The number of rotatable bonds is 3. The second kappa shape index (κ2) is 5.31. The summed E-state index contributed by atoms with van der Waals surface area (Å²) in [6.45, 7) is 1.69. The van der Waals surface area contributed by atoms with Crippen molar-refractivity contribution >= 4 is 31.2 Å². The molecular formula is C15H14O2S2. The molecule has 98 valence electrons. The van der Waals surface area contributed by atoms with Crippen molar-refractivity contribution in [2.45, 2.75) is 22.1 Å². The van der Waals surface area contributed by atoms with E-state index in [0.717, 1.165) is 9.79 Å². The van der Waals surface area contributed by atoms with E-state index < -0.39 is 11.4 Å². The van der Waals surface area contributed by atoms with Gasteiger partial charge in [-0.2, -0.15) is 0 Å². The summed E-state index contributed by atoms with van der Waals surface area (Å²) in [6, 6.07) is 14.4. The third-order valence-corrected chi connectivity index (χ3v) is 3.83. The van der Waals surface area contributed by atoms with Crippen molar-refractivity contribution in [2.24, 2.45) is 0 Å². The molecule has 0 saturated carbocycles. The second-order valence-corrected chi connectivity index (χ2v) is 5.56. The number of aliphatic carboxylic acids is 1. The molecule has 2 aromatic carbocycles. The van der Waals surface area contributed by atoms with E-state index in [-0.39, 0.29) is 0 Å². The summed E-state index contributed by atoms with van der Waals surface area (Å²) < 4.78 is 0. The molecule has 2 aromatic rings. The van der Waals surface area contributed by atoms with E-state index in [0.29, 0.717) is 11.1 Å². The lowest BCUT2D eigenvalue weighted by molar-refractivity contribution is -0.141. The van der Waals surface area contributed by atoms with Gasteiger partial charge in [-0.05, 0) is 42.3 Å². The number of carboxylic acids is 1.